The second kappa shape index (κ2) is 9.79. The van der Waals surface area contributed by atoms with E-state index in [-0.39, 0.29) is 30.7 Å². The number of ketones is 3. The monoisotopic (exact) mass is 551 g/mol. The van der Waals surface area contributed by atoms with Crippen LogP contribution in [0.5, 0.6) is 5.75 Å². The maximum Gasteiger partial charge on any atom is 0.230 e. The number of phenolic OH excluding ortho intramolecular Hbond substituents is 1. The summed E-state index contributed by atoms with van der Waals surface area (Å²) in [7, 11) is -0.199. The molecule has 0 saturated heterocycles. The van der Waals surface area contributed by atoms with Gasteiger partial charge in [0.05, 0.1) is 23.8 Å². The highest BCUT2D eigenvalue weighted by molar-refractivity contribution is 7.88. The van der Waals surface area contributed by atoms with E-state index in [1.807, 2.05) is 0 Å². The topological polar surface area (TPSA) is 204 Å². The van der Waals surface area contributed by atoms with Gasteiger partial charge in [0.2, 0.25) is 15.9 Å². The second-order valence-corrected chi connectivity index (χ2v) is 12.7. The smallest absolute Gasteiger partial charge is 0.230 e. The average Bonchev–Trinajstić information content (AvgIpc) is 2.79. The van der Waals surface area contributed by atoms with E-state index in [1.165, 1.54) is 11.0 Å². The number of likely N-dealkylation sites (N-methyl/N-ethyl adjacent to an activating group) is 1. The Morgan fingerprint density at radius 2 is 1.87 bits per heavy atom. The first-order chi connectivity index (χ1) is 17.6. The highest BCUT2D eigenvalue weighted by Crippen LogP contribution is 2.51. The Morgan fingerprint density at radius 3 is 2.45 bits per heavy atom. The zero-order valence-corrected chi connectivity index (χ0v) is 22.2. The number of sulfonamides is 1. The number of aliphatic hydroxyl groups excluding tert-OH is 1. The number of aliphatic hydroxyl groups is 2. The van der Waals surface area contributed by atoms with E-state index < -0.39 is 74.7 Å². The fraction of sp³-hybridized carbons (Fsp3) is 0.600. The van der Waals surface area contributed by atoms with Crippen LogP contribution in [0, 0.1) is 23.7 Å². The van der Waals surface area contributed by atoms with Crippen molar-refractivity contribution in [2.45, 2.75) is 43.4 Å². The van der Waals surface area contributed by atoms with E-state index in [2.05, 4.69) is 4.72 Å². The molecule has 2 fully saturated rings. The van der Waals surface area contributed by atoms with Crippen molar-refractivity contribution < 1.29 is 42.9 Å². The van der Waals surface area contributed by atoms with Gasteiger partial charge < -0.3 is 26.0 Å². The number of rotatable bonds is 7. The number of nitrogens with one attached hydrogen (secondary N) is 1. The molecule has 12 nitrogen and oxygen atoms in total. The van der Waals surface area contributed by atoms with Crippen LogP contribution < -0.4 is 10.5 Å². The molecule has 1 aromatic rings. The van der Waals surface area contributed by atoms with Gasteiger partial charge in [-0.25, -0.2) is 13.1 Å². The van der Waals surface area contributed by atoms with Gasteiger partial charge in [0, 0.05) is 18.5 Å². The lowest BCUT2D eigenvalue weighted by atomic mass is 9.52. The van der Waals surface area contributed by atoms with Crippen LogP contribution in [0.25, 0.3) is 0 Å². The number of hydrogen-bond donors (Lipinski definition) is 5. The van der Waals surface area contributed by atoms with Crippen molar-refractivity contribution in [3.63, 3.8) is 0 Å². The number of benzene rings is 1. The molecule has 1 aromatic carbocycles. The van der Waals surface area contributed by atoms with Crippen molar-refractivity contribution in [3.05, 3.63) is 28.8 Å². The van der Waals surface area contributed by atoms with E-state index in [1.54, 1.807) is 20.2 Å². The maximum atomic E-state index is 13.8. The highest BCUT2D eigenvalue weighted by atomic mass is 32.2. The Kier molecular flexibility index (Phi) is 7.29. The molecular formula is C25H33N3O9S. The van der Waals surface area contributed by atoms with Crippen molar-refractivity contribution in [3.8, 4) is 5.75 Å². The molecular weight excluding hydrogens is 518 g/mol. The Morgan fingerprint density at radius 1 is 1.21 bits per heavy atom. The number of aryl methyl sites for hydroxylation is 1. The molecule has 208 valence electrons. The Hall–Kier alpha value is -2.71. The molecule has 2 saturated carbocycles. The zero-order chi connectivity index (χ0) is 28.3. The standard InChI is InChI=1S/C25H33N3O9S/c1-28(2)19-14-10-12-9-13-11(5-4-8-27-38(3,36)37)6-7-15(29)17(13)20(30)16(12)22(32)25(14,35)23(33)18(21(19)31)24(26)34/h6-7,12,14,16,18-19,21,27,29,31,35H,4-5,8-10H2,1-3H3,(H2,26,34)/t12-,14-,16?,18?,19-,21?,25-/m1/s1. The normalized spacial score (nSPS) is 33.1. The fourth-order valence-electron chi connectivity index (χ4n) is 6.66. The summed E-state index contributed by atoms with van der Waals surface area (Å²) in [5.74, 6) is -9.47. The Balaban J connectivity index is 1.74. The summed E-state index contributed by atoms with van der Waals surface area (Å²) >= 11 is 0. The largest absolute Gasteiger partial charge is 0.507 e. The van der Waals surface area contributed by atoms with E-state index in [4.69, 9.17) is 5.73 Å². The number of phenols is 1. The van der Waals surface area contributed by atoms with E-state index in [0.29, 0.717) is 24.0 Å². The quantitative estimate of drug-likeness (QED) is 0.189. The van der Waals surface area contributed by atoms with Gasteiger partial charge in [0.25, 0.3) is 0 Å². The number of fused-ring (bicyclic) bond motifs is 3. The lowest BCUT2D eigenvalue weighted by Crippen LogP contribution is -2.75. The summed E-state index contributed by atoms with van der Waals surface area (Å²) in [6.45, 7) is 0.174. The zero-order valence-electron chi connectivity index (χ0n) is 21.4. The molecule has 0 radical (unpaired) electrons. The van der Waals surface area contributed by atoms with E-state index in [0.717, 1.165) is 6.26 Å². The van der Waals surface area contributed by atoms with Crippen LogP contribution in [0.4, 0.5) is 0 Å². The van der Waals surface area contributed by atoms with Gasteiger partial charge in [-0.2, -0.15) is 0 Å². The number of nitrogens with two attached hydrogens (primary N) is 1. The Labute approximate surface area is 220 Å². The molecule has 0 aromatic heterocycles. The van der Waals surface area contributed by atoms with Gasteiger partial charge in [0.15, 0.2) is 23.0 Å². The lowest BCUT2D eigenvalue weighted by molar-refractivity contribution is -0.190. The third kappa shape index (κ3) is 4.45. The molecule has 1 amide bonds. The summed E-state index contributed by atoms with van der Waals surface area (Å²) < 4.78 is 25.1. The highest BCUT2D eigenvalue weighted by Gasteiger charge is 2.69. The van der Waals surface area contributed by atoms with E-state index >= 15 is 0 Å². The molecule has 3 aliphatic carbocycles. The minimum Gasteiger partial charge on any atom is -0.507 e. The van der Waals surface area contributed by atoms with Gasteiger partial charge >= 0.3 is 0 Å². The first-order valence-corrected chi connectivity index (χ1v) is 14.3. The number of carbonyl (C=O) groups excluding carboxylic acids is 4. The van der Waals surface area contributed by atoms with Crippen molar-refractivity contribution in [1.82, 2.24) is 9.62 Å². The summed E-state index contributed by atoms with van der Waals surface area (Å²) in [6.07, 6.45) is 0.533. The van der Waals surface area contributed by atoms with Crippen molar-refractivity contribution >= 4 is 33.3 Å². The van der Waals surface area contributed by atoms with Crippen LogP contribution in [0.2, 0.25) is 0 Å². The molecule has 38 heavy (non-hydrogen) atoms. The summed E-state index contributed by atoms with van der Waals surface area (Å²) in [5, 5.41) is 33.1. The maximum absolute atomic E-state index is 13.8. The summed E-state index contributed by atoms with van der Waals surface area (Å²) in [6, 6.07) is 2.01. The molecule has 3 unspecified atom stereocenters. The number of carbonyl (C=O) groups is 4. The molecule has 6 N–H and O–H groups in total. The predicted octanol–water partition coefficient (Wildman–Crippen LogP) is -1.86. The number of Topliss-reactive ketones (excluding diaryl/α,β-unsaturated/α-hetero) is 3. The molecule has 7 atom stereocenters. The molecule has 0 bridgehead atoms. The molecule has 13 heteroatoms. The minimum absolute atomic E-state index is 0.0277. The minimum atomic E-state index is -3.37. The number of nitrogens with zero attached hydrogens (tertiary/aromatic N) is 1. The van der Waals surface area contributed by atoms with Gasteiger partial charge in [0.1, 0.15) is 11.7 Å². The first kappa shape index (κ1) is 28.3. The Bertz CT molecular complexity index is 1310. The van der Waals surface area contributed by atoms with Gasteiger partial charge in [-0.15, -0.1) is 0 Å². The lowest BCUT2D eigenvalue weighted by Gasteiger charge is -2.54. The van der Waals surface area contributed by atoms with Gasteiger partial charge in [-0.05, 0) is 62.9 Å². The van der Waals surface area contributed by atoms with Gasteiger partial charge in [-0.3, -0.25) is 19.2 Å². The van der Waals surface area contributed by atoms with Gasteiger partial charge in [-0.1, -0.05) is 6.07 Å². The van der Waals surface area contributed by atoms with Crippen molar-refractivity contribution in [2.75, 3.05) is 26.9 Å². The summed E-state index contributed by atoms with van der Waals surface area (Å²) in [4.78, 5) is 54.4. The third-order valence-electron chi connectivity index (χ3n) is 8.26. The van der Waals surface area contributed by atoms with Crippen molar-refractivity contribution in [2.24, 2.45) is 29.4 Å². The molecule has 0 heterocycles. The van der Waals surface area contributed by atoms with Crippen LogP contribution in [-0.2, 0) is 37.2 Å². The molecule has 3 aliphatic rings. The number of hydrogen-bond acceptors (Lipinski definition) is 10. The van der Waals surface area contributed by atoms with E-state index in [9.17, 15) is 42.9 Å². The third-order valence-corrected chi connectivity index (χ3v) is 8.99. The molecule has 4 rings (SSSR count). The first-order valence-electron chi connectivity index (χ1n) is 12.4. The number of primary amides is 1. The van der Waals surface area contributed by atoms with Crippen molar-refractivity contribution in [1.29, 1.82) is 0 Å². The fourth-order valence-corrected chi connectivity index (χ4v) is 7.17. The van der Waals surface area contributed by atoms with Crippen LogP contribution in [0.3, 0.4) is 0 Å². The second-order valence-electron chi connectivity index (χ2n) is 10.8. The van der Waals surface area contributed by atoms with Crippen LogP contribution >= 0.6 is 0 Å². The number of amides is 1. The number of aromatic hydroxyl groups is 1. The average molecular weight is 552 g/mol. The summed E-state index contributed by atoms with van der Waals surface area (Å²) in [5.41, 5.74) is 3.86. The predicted molar refractivity (Wildman–Crippen MR) is 134 cm³/mol. The molecule has 0 spiro atoms. The van der Waals surface area contributed by atoms with Crippen LogP contribution in [0.15, 0.2) is 12.1 Å². The SMILES string of the molecule is CN(C)[C@H]1C(O)C(C(N)=O)C(=O)[C@]2(O)C(=O)C3C(=O)c4c(O)ccc(CCCNS(C)(=O)=O)c4C[C@@H]3C[C@H]12. The van der Waals surface area contributed by atoms with Crippen LogP contribution in [-0.4, -0.2) is 96.5 Å². The molecule has 0 aliphatic heterocycles. The van der Waals surface area contributed by atoms with Crippen LogP contribution in [0.1, 0.15) is 34.3 Å².